The topological polar surface area (TPSA) is 29.5 Å². The number of ether oxygens (including phenoxy) is 1. The van der Waals surface area contributed by atoms with E-state index in [9.17, 15) is 4.79 Å². The Hall–Kier alpha value is -1.35. The summed E-state index contributed by atoms with van der Waals surface area (Å²) in [6, 6.07) is 8.09. The standard InChI is InChI=1S/C12H17NO2/c1-10-4-6-11(7-5-10)13(2)8-12(14)9-15-3/h4-7H,8-9H2,1-3H3. The molecule has 1 rings (SSSR count). The normalized spacial score (nSPS) is 10.1. The summed E-state index contributed by atoms with van der Waals surface area (Å²) in [5, 5.41) is 0. The van der Waals surface area contributed by atoms with E-state index < -0.39 is 0 Å². The van der Waals surface area contributed by atoms with Crippen LogP contribution in [0.1, 0.15) is 5.56 Å². The molecule has 3 nitrogen and oxygen atoms in total. The lowest BCUT2D eigenvalue weighted by molar-refractivity contribution is -0.121. The molecule has 0 aliphatic rings. The van der Waals surface area contributed by atoms with Crippen LogP contribution in [-0.2, 0) is 9.53 Å². The first-order valence-electron chi connectivity index (χ1n) is 4.92. The fourth-order valence-corrected chi connectivity index (χ4v) is 1.36. The summed E-state index contributed by atoms with van der Waals surface area (Å²) in [4.78, 5) is 13.2. The first kappa shape index (κ1) is 11.7. The fourth-order valence-electron chi connectivity index (χ4n) is 1.36. The predicted octanol–water partition coefficient (Wildman–Crippen LogP) is 1.65. The Bertz CT molecular complexity index is 319. The van der Waals surface area contributed by atoms with Crippen LogP contribution in [0.25, 0.3) is 0 Å². The van der Waals surface area contributed by atoms with Crippen LogP contribution in [0.3, 0.4) is 0 Å². The van der Waals surface area contributed by atoms with Gasteiger partial charge in [-0.25, -0.2) is 0 Å². The van der Waals surface area contributed by atoms with E-state index in [0.717, 1.165) is 5.69 Å². The molecule has 0 aromatic heterocycles. The van der Waals surface area contributed by atoms with Crippen LogP contribution in [0.4, 0.5) is 5.69 Å². The summed E-state index contributed by atoms with van der Waals surface area (Å²) < 4.78 is 4.78. The lowest BCUT2D eigenvalue weighted by atomic mass is 10.2. The van der Waals surface area contributed by atoms with Crippen LogP contribution in [0.15, 0.2) is 24.3 Å². The van der Waals surface area contributed by atoms with Crippen molar-refractivity contribution in [3.05, 3.63) is 29.8 Å². The zero-order valence-corrected chi connectivity index (χ0v) is 9.49. The number of aryl methyl sites for hydroxylation is 1. The highest BCUT2D eigenvalue weighted by molar-refractivity contribution is 5.84. The van der Waals surface area contributed by atoms with Crippen LogP contribution in [0.5, 0.6) is 0 Å². The van der Waals surface area contributed by atoms with Crippen LogP contribution >= 0.6 is 0 Å². The highest BCUT2D eigenvalue weighted by atomic mass is 16.5. The quantitative estimate of drug-likeness (QED) is 0.735. The number of carbonyl (C=O) groups is 1. The van der Waals surface area contributed by atoms with E-state index in [1.54, 1.807) is 0 Å². The average Bonchev–Trinajstić information content (AvgIpc) is 2.18. The summed E-state index contributed by atoms with van der Waals surface area (Å²) in [7, 11) is 3.43. The van der Waals surface area contributed by atoms with Gasteiger partial charge in [-0.1, -0.05) is 17.7 Å². The lowest BCUT2D eigenvalue weighted by Gasteiger charge is -2.18. The number of hydrogen-bond donors (Lipinski definition) is 0. The number of ketones is 1. The van der Waals surface area contributed by atoms with Gasteiger partial charge < -0.3 is 9.64 Å². The number of methoxy groups -OCH3 is 1. The molecule has 0 heterocycles. The first-order chi connectivity index (χ1) is 7.13. The maximum atomic E-state index is 11.3. The monoisotopic (exact) mass is 207 g/mol. The molecule has 82 valence electrons. The minimum atomic E-state index is 0.0839. The third-order valence-electron chi connectivity index (χ3n) is 2.19. The van der Waals surface area contributed by atoms with Crippen molar-refractivity contribution < 1.29 is 9.53 Å². The van der Waals surface area contributed by atoms with Gasteiger partial charge in [0.2, 0.25) is 0 Å². The molecule has 15 heavy (non-hydrogen) atoms. The molecule has 0 fully saturated rings. The molecule has 3 heteroatoms. The van der Waals surface area contributed by atoms with Gasteiger partial charge in [-0.2, -0.15) is 0 Å². The summed E-state index contributed by atoms with van der Waals surface area (Å²) in [5.74, 6) is 0.0839. The molecule has 1 aromatic rings. The second kappa shape index (κ2) is 5.51. The Morgan fingerprint density at radius 2 is 1.93 bits per heavy atom. The van der Waals surface area contributed by atoms with Gasteiger partial charge in [0.15, 0.2) is 5.78 Å². The Morgan fingerprint density at radius 1 is 1.33 bits per heavy atom. The van der Waals surface area contributed by atoms with E-state index in [1.807, 2.05) is 43.1 Å². The van der Waals surface area contributed by atoms with Crippen molar-refractivity contribution in [1.82, 2.24) is 0 Å². The maximum Gasteiger partial charge on any atom is 0.177 e. The van der Waals surface area contributed by atoms with Crippen molar-refractivity contribution >= 4 is 11.5 Å². The van der Waals surface area contributed by atoms with Gasteiger partial charge in [0.1, 0.15) is 6.61 Å². The SMILES string of the molecule is COCC(=O)CN(C)c1ccc(C)cc1. The lowest BCUT2D eigenvalue weighted by Crippen LogP contribution is -2.27. The fraction of sp³-hybridized carbons (Fsp3) is 0.417. The number of rotatable bonds is 5. The van der Waals surface area contributed by atoms with Crippen molar-refractivity contribution in [3.8, 4) is 0 Å². The van der Waals surface area contributed by atoms with Gasteiger partial charge in [0.25, 0.3) is 0 Å². The molecule has 0 unspecified atom stereocenters. The molecule has 0 radical (unpaired) electrons. The van der Waals surface area contributed by atoms with Gasteiger partial charge in [-0.05, 0) is 19.1 Å². The van der Waals surface area contributed by atoms with Crippen molar-refractivity contribution in [2.24, 2.45) is 0 Å². The zero-order chi connectivity index (χ0) is 11.3. The molecule has 0 saturated carbocycles. The predicted molar refractivity (Wildman–Crippen MR) is 61.3 cm³/mol. The van der Waals surface area contributed by atoms with E-state index in [1.165, 1.54) is 12.7 Å². The van der Waals surface area contributed by atoms with Gasteiger partial charge >= 0.3 is 0 Å². The van der Waals surface area contributed by atoms with Gasteiger partial charge in [-0.3, -0.25) is 4.79 Å². The number of benzene rings is 1. The van der Waals surface area contributed by atoms with Crippen molar-refractivity contribution in [1.29, 1.82) is 0 Å². The molecular formula is C12H17NO2. The maximum absolute atomic E-state index is 11.3. The zero-order valence-electron chi connectivity index (χ0n) is 9.49. The second-order valence-electron chi connectivity index (χ2n) is 3.66. The van der Waals surface area contributed by atoms with Gasteiger partial charge in [-0.15, -0.1) is 0 Å². The number of Topliss-reactive ketones (excluding diaryl/α,β-unsaturated/α-hetero) is 1. The molecule has 0 N–H and O–H groups in total. The second-order valence-corrected chi connectivity index (χ2v) is 3.66. The Kier molecular flexibility index (Phi) is 4.31. The van der Waals surface area contributed by atoms with E-state index in [4.69, 9.17) is 4.74 Å². The molecule has 0 amide bonds. The third kappa shape index (κ3) is 3.72. The van der Waals surface area contributed by atoms with Crippen LogP contribution in [-0.4, -0.2) is 33.1 Å². The number of likely N-dealkylation sites (N-methyl/N-ethyl adjacent to an activating group) is 1. The molecule has 0 saturated heterocycles. The van der Waals surface area contributed by atoms with Crippen LogP contribution < -0.4 is 4.90 Å². The smallest absolute Gasteiger partial charge is 0.177 e. The summed E-state index contributed by atoms with van der Waals surface area (Å²) in [6.07, 6.45) is 0. The Labute approximate surface area is 90.7 Å². The summed E-state index contributed by atoms with van der Waals surface area (Å²) in [5.41, 5.74) is 2.26. The minimum absolute atomic E-state index is 0.0839. The van der Waals surface area contributed by atoms with E-state index >= 15 is 0 Å². The van der Waals surface area contributed by atoms with E-state index in [0.29, 0.717) is 6.54 Å². The number of anilines is 1. The molecular weight excluding hydrogens is 190 g/mol. The molecule has 0 atom stereocenters. The highest BCUT2D eigenvalue weighted by Gasteiger charge is 2.06. The van der Waals surface area contributed by atoms with Crippen molar-refractivity contribution in [2.75, 3.05) is 32.2 Å². The number of carbonyl (C=O) groups excluding carboxylic acids is 1. The van der Waals surface area contributed by atoms with E-state index in [2.05, 4.69) is 0 Å². The van der Waals surface area contributed by atoms with Gasteiger partial charge in [0, 0.05) is 19.8 Å². The summed E-state index contributed by atoms with van der Waals surface area (Å²) in [6.45, 7) is 2.60. The van der Waals surface area contributed by atoms with Gasteiger partial charge in [0.05, 0.1) is 6.54 Å². The Morgan fingerprint density at radius 3 is 2.47 bits per heavy atom. The van der Waals surface area contributed by atoms with Crippen LogP contribution in [0, 0.1) is 6.92 Å². The van der Waals surface area contributed by atoms with Crippen molar-refractivity contribution in [2.45, 2.75) is 6.92 Å². The largest absolute Gasteiger partial charge is 0.377 e. The molecule has 0 bridgehead atoms. The van der Waals surface area contributed by atoms with Crippen LogP contribution in [0.2, 0.25) is 0 Å². The first-order valence-corrected chi connectivity index (χ1v) is 4.92. The summed E-state index contributed by atoms with van der Waals surface area (Å²) >= 11 is 0. The number of hydrogen-bond acceptors (Lipinski definition) is 3. The highest BCUT2D eigenvalue weighted by Crippen LogP contribution is 2.12. The molecule has 0 spiro atoms. The molecule has 1 aromatic carbocycles. The minimum Gasteiger partial charge on any atom is -0.377 e. The number of nitrogens with zero attached hydrogens (tertiary/aromatic N) is 1. The molecule has 0 aliphatic heterocycles. The molecule has 0 aliphatic carbocycles. The average molecular weight is 207 g/mol. The van der Waals surface area contributed by atoms with Crippen molar-refractivity contribution in [3.63, 3.8) is 0 Å². The third-order valence-corrected chi connectivity index (χ3v) is 2.19. The Balaban J connectivity index is 2.57. The van der Waals surface area contributed by atoms with E-state index in [-0.39, 0.29) is 12.4 Å².